The molecule has 4 nitrogen and oxygen atoms in total. The maximum Gasteiger partial charge on any atom is 0.241 e. The van der Waals surface area contributed by atoms with Gasteiger partial charge >= 0.3 is 0 Å². The van der Waals surface area contributed by atoms with Gasteiger partial charge in [-0.1, -0.05) is 6.07 Å². The lowest BCUT2D eigenvalue weighted by atomic mass is 10.3. The third-order valence-corrected chi connectivity index (χ3v) is 5.41. The molecule has 2 rings (SSSR count). The molecule has 1 atom stereocenters. The molecule has 0 amide bonds. The predicted octanol–water partition coefficient (Wildman–Crippen LogP) is 2.68. The number of benzene rings is 1. The molecule has 1 unspecified atom stereocenters. The molecule has 1 aromatic carbocycles. The molecular weight excluding hydrogens is 280 g/mol. The van der Waals surface area contributed by atoms with E-state index < -0.39 is 10.0 Å². The molecule has 0 fully saturated rings. The van der Waals surface area contributed by atoms with Gasteiger partial charge in [-0.25, -0.2) is 13.1 Å². The smallest absolute Gasteiger partial charge is 0.241 e. The molecule has 0 saturated heterocycles. The van der Waals surface area contributed by atoms with Crippen LogP contribution in [-0.4, -0.2) is 8.42 Å². The molecule has 3 N–H and O–H groups in total. The van der Waals surface area contributed by atoms with Crippen molar-refractivity contribution in [3.8, 4) is 0 Å². The van der Waals surface area contributed by atoms with Crippen LogP contribution in [-0.2, 0) is 10.0 Å². The highest BCUT2D eigenvalue weighted by Crippen LogP contribution is 2.24. The Morgan fingerprint density at radius 2 is 2.00 bits per heavy atom. The molecule has 1 heterocycles. The summed E-state index contributed by atoms with van der Waals surface area (Å²) in [5.41, 5.74) is 6.04. The number of aryl methyl sites for hydroxylation is 1. The maximum atomic E-state index is 12.2. The molecule has 0 saturated carbocycles. The van der Waals surface area contributed by atoms with Gasteiger partial charge in [-0.05, 0) is 44.2 Å². The largest absolute Gasteiger partial charge is 0.399 e. The standard InChI is InChI=1S/C13H16N2O2S2/c1-9-6-7-13(18-9)10(2)15-19(16,17)12-5-3-4-11(14)8-12/h3-8,10,15H,14H2,1-2H3. The lowest BCUT2D eigenvalue weighted by Gasteiger charge is -2.13. The van der Waals surface area contributed by atoms with Crippen molar-refractivity contribution in [3.05, 3.63) is 46.2 Å². The minimum absolute atomic E-state index is 0.188. The van der Waals surface area contributed by atoms with E-state index in [1.165, 1.54) is 12.1 Å². The average Bonchev–Trinajstić information content (AvgIpc) is 2.75. The van der Waals surface area contributed by atoms with Gasteiger partial charge in [0, 0.05) is 15.4 Å². The average molecular weight is 296 g/mol. The zero-order valence-electron chi connectivity index (χ0n) is 10.8. The first-order valence-electron chi connectivity index (χ1n) is 5.83. The number of hydrogen-bond donors (Lipinski definition) is 2. The molecule has 0 bridgehead atoms. The van der Waals surface area contributed by atoms with Gasteiger partial charge in [0.15, 0.2) is 0 Å². The monoisotopic (exact) mass is 296 g/mol. The van der Waals surface area contributed by atoms with Crippen LogP contribution in [0.4, 0.5) is 5.69 Å². The van der Waals surface area contributed by atoms with Crippen molar-refractivity contribution in [3.63, 3.8) is 0 Å². The maximum absolute atomic E-state index is 12.2. The first-order chi connectivity index (χ1) is 8.88. The van der Waals surface area contributed by atoms with E-state index in [2.05, 4.69) is 4.72 Å². The molecule has 6 heteroatoms. The number of anilines is 1. The van der Waals surface area contributed by atoms with Crippen LogP contribution < -0.4 is 10.5 Å². The Hall–Kier alpha value is -1.37. The van der Waals surface area contributed by atoms with E-state index >= 15 is 0 Å². The van der Waals surface area contributed by atoms with Crippen molar-refractivity contribution in [2.75, 3.05) is 5.73 Å². The van der Waals surface area contributed by atoms with E-state index in [0.29, 0.717) is 5.69 Å². The summed E-state index contributed by atoms with van der Waals surface area (Å²) in [6.07, 6.45) is 0. The zero-order valence-corrected chi connectivity index (χ0v) is 12.4. The van der Waals surface area contributed by atoms with Gasteiger partial charge in [-0.3, -0.25) is 0 Å². The van der Waals surface area contributed by atoms with Gasteiger partial charge < -0.3 is 5.73 Å². The highest BCUT2D eigenvalue weighted by molar-refractivity contribution is 7.89. The van der Waals surface area contributed by atoms with Crippen molar-refractivity contribution in [2.45, 2.75) is 24.8 Å². The van der Waals surface area contributed by atoms with Gasteiger partial charge in [0.1, 0.15) is 0 Å². The van der Waals surface area contributed by atoms with Crippen LogP contribution >= 0.6 is 11.3 Å². The second-order valence-corrected chi connectivity index (χ2v) is 7.40. The summed E-state index contributed by atoms with van der Waals surface area (Å²) >= 11 is 1.58. The summed E-state index contributed by atoms with van der Waals surface area (Å²) in [6.45, 7) is 3.82. The Bertz CT molecular complexity index is 677. The fourth-order valence-electron chi connectivity index (χ4n) is 1.73. The van der Waals surface area contributed by atoms with Crippen molar-refractivity contribution < 1.29 is 8.42 Å². The Labute approximate surface area is 117 Å². The number of rotatable bonds is 4. The summed E-state index contributed by atoms with van der Waals surface area (Å²) in [6, 6.07) is 9.93. The first kappa shape index (κ1) is 14.0. The number of thiophene rings is 1. The van der Waals surface area contributed by atoms with E-state index in [1.807, 2.05) is 26.0 Å². The minimum Gasteiger partial charge on any atom is -0.399 e. The molecule has 0 aliphatic carbocycles. The quantitative estimate of drug-likeness (QED) is 0.852. The summed E-state index contributed by atoms with van der Waals surface area (Å²) in [5, 5.41) is 0. The molecule has 19 heavy (non-hydrogen) atoms. The van der Waals surface area contributed by atoms with Crippen LogP contribution in [0.1, 0.15) is 22.7 Å². The van der Waals surface area contributed by atoms with Crippen LogP contribution in [0, 0.1) is 6.92 Å². The molecule has 0 spiro atoms. The van der Waals surface area contributed by atoms with E-state index in [4.69, 9.17) is 5.73 Å². The second-order valence-electron chi connectivity index (χ2n) is 4.36. The van der Waals surface area contributed by atoms with Crippen molar-refractivity contribution in [1.29, 1.82) is 0 Å². The van der Waals surface area contributed by atoms with Crippen LogP contribution in [0.5, 0.6) is 0 Å². The summed E-state index contributed by atoms with van der Waals surface area (Å²) in [4.78, 5) is 2.34. The van der Waals surface area contributed by atoms with Crippen molar-refractivity contribution in [1.82, 2.24) is 4.72 Å². The second kappa shape index (κ2) is 5.32. The Morgan fingerprint density at radius 1 is 1.26 bits per heavy atom. The van der Waals surface area contributed by atoms with Crippen molar-refractivity contribution in [2.24, 2.45) is 0 Å². The molecule has 0 aliphatic rings. The fourth-order valence-corrected chi connectivity index (χ4v) is 3.96. The number of sulfonamides is 1. The lowest BCUT2D eigenvalue weighted by molar-refractivity contribution is 0.568. The molecule has 0 aliphatic heterocycles. The molecule has 1 aromatic heterocycles. The highest BCUT2D eigenvalue weighted by Gasteiger charge is 2.19. The third-order valence-electron chi connectivity index (χ3n) is 2.69. The molecular formula is C13H16N2O2S2. The van der Waals surface area contributed by atoms with Gasteiger partial charge in [0.05, 0.1) is 10.9 Å². The summed E-state index contributed by atoms with van der Waals surface area (Å²) in [5.74, 6) is 0. The van der Waals surface area contributed by atoms with Gasteiger partial charge in [0.25, 0.3) is 0 Å². The first-order valence-corrected chi connectivity index (χ1v) is 8.12. The fraction of sp³-hybridized carbons (Fsp3) is 0.231. The Morgan fingerprint density at radius 3 is 2.58 bits per heavy atom. The van der Waals surface area contributed by atoms with Crippen LogP contribution in [0.3, 0.4) is 0 Å². The van der Waals surface area contributed by atoms with Gasteiger partial charge in [-0.15, -0.1) is 11.3 Å². The molecule has 102 valence electrons. The van der Waals surface area contributed by atoms with E-state index in [0.717, 1.165) is 9.75 Å². The third kappa shape index (κ3) is 3.34. The SMILES string of the molecule is Cc1ccc(C(C)NS(=O)(=O)c2cccc(N)c2)s1. The Balaban J connectivity index is 2.22. The number of nitrogens with one attached hydrogen (secondary N) is 1. The van der Waals surface area contributed by atoms with Crippen LogP contribution in [0.25, 0.3) is 0 Å². The van der Waals surface area contributed by atoms with Crippen LogP contribution in [0.15, 0.2) is 41.3 Å². The predicted molar refractivity (Wildman–Crippen MR) is 78.6 cm³/mol. The van der Waals surface area contributed by atoms with E-state index in [1.54, 1.807) is 23.5 Å². The molecule has 0 radical (unpaired) electrons. The lowest BCUT2D eigenvalue weighted by Crippen LogP contribution is -2.26. The highest BCUT2D eigenvalue weighted by atomic mass is 32.2. The van der Waals surface area contributed by atoms with Gasteiger partial charge in [-0.2, -0.15) is 0 Å². The van der Waals surface area contributed by atoms with Crippen molar-refractivity contribution >= 4 is 27.0 Å². The van der Waals surface area contributed by atoms with Crippen LogP contribution in [0.2, 0.25) is 0 Å². The minimum atomic E-state index is -3.54. The number of hydrogen-bond acceptors (Lipinski definition) is 4. The topological polar surface area (TPSA) is 72.2 Å². The van der Waals surface area contributed by atoms with Gasteiger partial charge in [0.2, 0.25) is 10.0 Å². The summed E-state index contributed by atoms with van der Waals surface area (Å²) in [7, 11) is -3.54. The normalized spacial score (nSPS) is 13.4. The Kier molecular flexibility index (Phi) is 3.93. The van der Waals surface area contributed by atoms with E-state index in [9.17, 15) is 8.42 Å². The summed E-state index contributed by atoms with van der Waals surface area (Å²) < 4.78 is 27.1. The zero-order chi connectivity index (χ0) is 14.0. The number of nitrogen functional groups attached to an aromatic ring is 1. The number of nitrogens with two attached hydrogens (primary N) is 1. The van der Waals surface area contributed by atoms with E-state index in [-0.39, 0.29) is 10.9 Å². The molecule has 2 aromatic rings.